The summed E-state index contributed by atoms with van der Waals surface area (Å²) >= 11 is 1.65. The van der Waals surface area contributed by atoms with Gasteiger partial charge >= 0.3 is 0 Å². The first kappa shape index (κ1) is 21.7. The fourth-order valence-corrected chi connectivity index (χ4v) is 3.53. The highest BCUT2D eigenvalue weighted by atomic mass is 32.2. The van der Waals surface area contributed by atoms with Crippen LogP contribution in [0, 0.1) is 5.82 Å². The number of aromatic amines is 1. The van der Waals surface area contributed by atoms with Gasteiger partial charge in [-0.2, -0.15) is 0 Å². The molecule has 0 spiro atoms. The van der Waals surface area contributed by atoms with E-state index in [0.717, 1.165) is 22.6 Å². The van der Waals surface area contributed by atoms with Crippen LogP contribution in [0.25, 0.3) is 11.4 Å². The maximum atomic E-state index is 13.3. The summed E-state index contributed by atoms with van der Waals surface area (Å²) in [5, 5.41) is 16.9. The number of tetrazole rings is 1. The maximum Gasteiger partial charge on any atom is 0.180 e. The van der Waals surface area contributed by atoms with Crippen LogP contribution in [0.4, 0.5) is 16.0 Å². The van der Waals surface area contributed by atoms with Crippen molar-refractivity contribution < 1.29 is 13.9 Å². The highest BCUT2D eigenvalue weighted by Gasteiger charge is 2.11. The highest BCUT2D eigenvalue weighted by molar-refractivity contribution is 7.99. The molecular weight excluding hydrogens is 433 g/mol. The zero-order valence-corrected chi connectivity index (χ0v) is 18.0. The Kier molecular flexibility index (Phi) is 7.20. The third-order valence-corrected chi connectivity index (χ3v) is 5.31. The fraction of sp³-hybridized carbons (Fsp3) is 0.190. The van der Waals surface area contributed by atoms with Crippen molar-refractivity contribution in [2.75, 3.05) is 24.8 Å². The molecule has 0 unspecified atom stereocenters. The number of nitrogens with one attached hydrogen (secondary N) is 2. The summed E-state index contributed by atoms with van der Waals surface area (Å²) < 4.78 is 24.4. The van der Waals surface area contributed by atoms with Crippen LogP contribution in [0.2, 0.25) is 0 Å². The number of methoxy groups -OCH3 is 1. The molecule has 0 radical (unpaired) electrons. The molecule has 0 fully saturated rings. The fourth-order valence-electron chi connectivity index (χ4n) is 2.71. The van der Waals surface area contributed by atoms with Gasteiger partial charge in [0.25, 0.3) is 0 Å². The second-order valence-corrected chi connectivity index (χ2v) is 7.74. The number of rotatable bonds is 10. The number of halogens is 1. The first-order chi connectivity index (χ1) is 15.7. The van der Waals surface area contributed by atoms with Gasteiger partial charge < -0.3 is 14.8 Å². The molecule has 0 saturated heterocycles. The van der Waals surface area contributed by atoms with Gasteiger partial charge in [-0.25, -0.2) is 19.5 Å². The third kappa shape index (κ3) is 5.77. The standard InChI is InChI=1S/C21H20FN7O2S/c1-30-9-2-10-32-17-11-18(31-16-6-4-15(22)5-7-16)21(24-13-17)25-19-8-3-14(12-23-19)20-26-28-29-27-20/h3-8,11-13H,2,9-10H2,1H3,(H,23,24,25)(H,26,27,28,29). The van der Waals surface area contributed by atoms with Gasteiger partial charge in [0.05, 0.1) is 0 Å². The molecule has 0 bridgehead atoms. The topological polar surface area (TPSA) is 111 Å². The van der Waals surface area contributed by atoms with Crippen LogP contribution >= 0.6 is 11.8 Å². The number of hydrogen-bond donors (Lipinski definition) is 2. The number of H-pyrrole nitrogens is 1. The van der Waals surface area contributed by atoms with E-state index in [1.54, 1.807) is 49.5 Å². The molecule has 0 aliphatic rings. The van der Waals surface area contributed by atoms with Gasteiger partial charge in [-0.15, -0.1) is 16.9 Å². The number of aromatic nitrogens is 6. The van der Waals surface area contributed by atoms with E-state index >= 15 is 0 Å². The molecule has 3 heterocycles. The number of nitrogens with zero attached hydrogens (tertiary/aromatic N) is 5. The SMILES string of the molecule is COCCCSc1cnc(Nc2ccc(-c3nnn[nH]3)cn2)c(Oc2ccc(F)cc2)c1. The molecule has 164 valence electrons. The van der Waals surface area contributed by atoms with Crippen LogP contribution in [-0.2, 0) is 4.74 Å². The molecule has 3 aromatic heterocycles. The van der Waals surface area contributed by atoms with Crippen molar-refractivity contribution in [2.45, 2.75) is 11.3 Å². The molecular formula is C21H20FN7O2S. The average Bonchev–Trinajstić information content (AvgIpc) is 3.35. The minimum absolute atomic E-state index is 0.331. The Bertz CT molecular complexity index is 1130. The van der Waals surface area contributed by atoms with Crippen LogP contribution in [0.5, 0.6) is 11.5 Å². The number of pyridine rings is 2. The Morgan fingerprint density at radius 1 is 1.09 bits per heavy atom. The van der Waals surface area contributed by atoms with Gasteiger partial charge in [0.15, 0.2) is 17.4 Å². The molecule has 9 nitrogen and oxygen atoms in total. The van der Waals surface area contributed by atoms with Crippen molar-refractivity contribution in [1.82, 2.24) is 30.6 Å². The predicted molar refractivity (Wildman–Crippen MR) is 119 cm³/mol. The number of ether oxygens (including phenoxy) is 2. The van der Waals surface area contributed by atoms with Gasteiger partial charge in [0.2, 0.25) is 0 Å². The van der Waals surface area contributed by atoms with E-state index in [2.05, 4.69) is 35.9 Å². The molecule has 1 aromatic carbocycles. The highest BCUT2D eigenvalue weighted by Crippen LogP contribution is 2.33. The summed E-state index contributed by atoms with van der Waals surface area (Å²) in [5.74, 6) is 3.13. The Labute approximate surface area is 187 Å². The van der Waals surface area contributed by atoms with E-state index in [-0.39, 0.29) is 5.82 Å². The summed E-state index contributed by atoms with van der Waals surface area (Å²) in [7, 11) is 1.68. The van der Waals surface area contributed by atoms with Crippen LogP contribution in [0.3, 0.4) is 0 Å². The van der Waals surface area contributed by atoms with Crippen molar-refractivity contribution >= 4 is 23.4 Å². The smallest absolute Gasteiger partial charge is 0.180 e. The zero-order chi connectivity index (χ0) is 22.2. The lowest BCUT2D eigenvalue weighted by atomic mass is 10.2. The molecule has 4 aromatic rings. The van der Waals surface area contributed by atoms with E-state index in [0.29, 0.717) is 35.6 Å². The number of anilines is 2. The van der Waals surface area contributed by atoms with E-state index < -0.39 is 0 Å². The maximum absolute atomic E-state index is 13.3. The Balaban J connectivity index is 1.54. The zero-order valence-electron chi connectivity index (χ0n) is 17.2. The largest absolute Gasteiger partial charge is 0.453 e. The van der Waals surface area contributed by atoms with Crippen molar-refractivity contribution in [2.24, 2.45) is 0 Å². The Hall–Kier alpha value is -3.57. The van der Waals surface area contributed by atoms with Crippen molar-refractivity contribution in [1.29, 1.82) is 0 Å². The molecule has 0 saturated carbocycles. The summed E-state index contributed by atoms with van der Waals surface area (Å²) in [6, 6.07) is 11.3. The van der Waals surface area contributed by atoms with Gasteiger partial charge in [0.1, 0.15) is 17.4 Å². The minimum atomic E-state index is -0.331. The lowest BCUT2D eigenvalue weighted by Gasteiger charge is -2.13. The molecule has 0 atom stereocenters. The second-order valence-electron chi connectivity index (χ2n) is 6.58. The van der Waals surface area contributed by atoms with Crippen molar-refractivity contribution in [3.63, 3.8) is 0 Å². The van der Waals surface area contributed by atoms with Gasteiger partial charge in [-0.3, -0.25) is 0 Å². The van der Waals surface area contributed by atoms with E-state index in [9.17, 15) is 4.39 Å². The molecule has 4 rings (SSSR count). The number of thioether (sulfide) groups is 1. The molecule has 0 aliphatic carbocycles. The average molecular weight is 454 g/mol. The van der Waals surface area contributed by atoms with Gasteiger partial charge in [0, 0.05) is 42.3 Å². The van der Waals surface area contributed by atoms with Crippen molar-refractivity contribution in [3.8, 4) is 22.9 Å². The van der Waals surface area contributed by atoms with Crippen LogP contribution < -0.4 is 10.1 Å². The summed E-state index contributed by atoms with van der Waals surface area (Å²) in [5.41, 5.74) is 0.749. The third-order valence-electron chi connectivity index (χ3n) is 4.26. The normalized spacial score (nSPS) is 10.8. The Morgan fingerprint density at radius 2 is 1.97 bits per heavy atom. The predicted octanol–water partition coefficient (Wildman–Crippen LogP) is 4.46. The lowest BCUT2D eigenvalue weighted by molar-refractivity contribution is 0.200. The molecule has 32 heavy (non-hydrogen) atoms. The molecule has 2 N–H and O–H groups in total. The van der Waals surface area contributed by atoms with Gasteiger partial charge in [-0.05, 0) is 59.3 Å². The molecule has 11 heteroatoms. The summed E-state index contributed by atoms with van der Waals surface area (Å²) in [4.78, 5) is 9.86. The number of benzene rings is 1. The van der Waals surface area contributed by atoms with Crippen molar-refractivity contribution in [3.05, 3.63) is 60.7 Å². The first-order valence-corrected chi connectivity index (χ1v) is 10.7. The first-order valence-electron chi connectivity index (χ1n) is 9.73. The molecule has 0 aliphatic heterocycles. The minimum Gasteiger partial charge on any atom is -0.453 e. The Morgan fingerprint density at radius 3 is 2.69 bits per heavy atom. The van der Waals surface area contributed by atoms with E-state index in [4.69, 9.17) is 9.47 Å². The monoisotopic (exact) mass is 453 g/mol. The van der Waals surface area contributed by atoms with Crippen LogP contribution in [0.15, 0.2) is 59.8 Å². The lowest BCUT2D eigenvalue weighted by Crippen LogP contribution is -2.00. The second kappa shape index (κ2) is 10.6. The van der Waals surface area contributed by atoms with E-state index in [1.807, 2.05) is 12.1 Å². The molecule has 0 amide bonds. The quantitative estimate of drug-likeness (QED) is 0.265. The van der Waals surface area contributed by atoms with Gasteiger partial charge in [-0.1, -0.05) is 0 Å². The van der Waals surface area contributed by atoms with Crippen LogP contribution in [-0.4, -0.2) is 50.1 Å². The van der Waals surface area contributed by atoms with E-state index in [1.165, 1.54) is 12.1 Å². The van der Waals surface area contributed by atoms with Crippen LogP contribution in [0.1, 0.15) is 6.42 Å². The summed E-state index contributed by atoms with van der Waals surface area (Å²) in [6.45, 7) is 0.699. The summed E-state index contributed by atoms with van der Waals surface area (Å²) in [6.07, 6.45) is 4.34. The number of hydrogen-bond acceptors (Lipinski definition) is 9.